The van der Waals surface area contributed by atoms with Gasteiger partial charge in [0.1, 0.15) is 23.0 Å². The Morgan fingerprint density at radius 3 is 2.50 bits per heavy atom. The van der Waals surface area contributed by atoms with Crippen LogP contribution in [0.5, 0.6) is 5.75 Å². The van der Waals surface area contributed by atoms with Crippen LogP contribution in [0.25, 0.3) is 6.08 Å². The van der Waals surface area contributed by atoms with Crippen molar-refractivity contribution >= 4 is 35.4 Å². The van der Waals surface area contributed by atoms with E-state index in [0.717, 1.165) is 29.9 Å². The van der Waals surface area contributed by atoms with Gasteiger partial charge in [-0.15, -0.1) is 0 Å². The van der Waals surface area contributed by atoms with Crippen molar-refractivity contribution in [3.63, 3.8) is 0 Å². The molecule has 1 N–H and O–H groups in total. The second-order valence-electron chi connectivity index (χ2n) is 8.58. The lowest BCUT2D eigenvalue weighted by atomic mass is 9.96. The predicted octanol–water partition coefficient (Wildman–Crippen LogP) is 4.49. The van der Waals surface area contributed by atoms with Crippen molar-refractivity contribution in [2.75, 3.05) is 14.2 Å². The number of fused-ring (bicyclic) bond motifs is 1. The summed E-state index contributed by atoms with van der Waals surface area (Å²) >= 11 is 1.53. The number of likely N-dealkylation sites (N-methyl/N-ethyl adjacent to an activating group) is 1. The highest BCUT2D eigenvalue weighted by molar-refractivity contribution is 8.05. The van der Waals surface area contributed by atoms with Gasteiger partial charge < -0.3 is 10.1 Å². The standard InChI is InChI=1S/C26H30N2O3S/c1-28-22-17-19(25(29)27-20-8-6-4-3-5-7-9-20)12-15-23(22)32-24(26(28)30)16-18-10-13-21(31-2)14-11-18/h10-17,20,23H,3-9H2,1-2H3/p+1/b24-16-. The molecule has 1 fully saturated rings. The molecule has 1 heterocycles. The molecule has 1 aromatic rings. The molecule has 4 rings (SSSR count). The van der Waals surface area contributed by atoms with Crippen LogP contribution in [0.1, 0.15) is 50.5 Å². The summed E-state index contributed by atoms with van der Waals surface area (Å²) in [6.07, 6.45) is 16.0. The van der Waals surface area contributed by atoms with Gasteiger partial charge >= 0.3 is 5.91 Å². The lowest BCUT2D eigenvalue weighted by Crippen LogP contribution is -2.39. The molecule has 1 saturated carbocycles. The van der Waals surface area contributed by atoms with Crippen LogP contribution in [0.4, 0.5) is 0 Å². The molecule has 1 aromatic carbocycles. The molecule has 3 aliphatic rings. The maximum Gasteiger partial charge on any atom is 0.425 e. The molecule has 6 heteroatoms. The van der Waals surface area contributed by atoms with Crippen molar-refractivity contribution in [3.8, 4) is 5.75 Å². The van der Waals surface area contributed by atoms with E-state index >= 15 is 0 Å². The largest absolute Gasteiger partial charge is 0.497 e. The minimum Gasteiger partial charge on any atom is -0.497 e. The van der Waals surface area contributed by atoms with Gasteiger partial charge in [-0.2, -0.15) is 4.58 Å². The molecule has 1 atom stereocenters. The van der Waals surface area contributed by atoms with Crippen LogP contribution in [0.3, 0.4) is 0 Å². The molecule has 0 radical (unpaired) electrons. The third kappa shape index (κ3) is 5.23. The highest BCUT2D eigenvalue weighted by Gasteiger charge is 2.38. The molecule has 2 amide bonds. The SMILES string of the molecule is COc1ccc(/C=C2\SC3C=CC(C(=O)NC4CCCCCCC4)=CC3=[N+](C)C2=O)cc1. The minimum atomic E-state index is -0.0524. The van der Waals surface area contributed by atoms with E-state index in [1.807, 2.05) is 48.6 Å². The zero-order valence-electron chi connectivity index (χ0n) is 18.8. The number of carbonyl (C=O) groups is 2. The zero-order valence-corrected chi connectivity index (χ0v) is 19.6. The molecule has 1 aliphatic heterocycles. The Balaban J connectivity index is 1.50. The van der Waals surface area contributed by atoms with Crippen LogP contribution in [0, 0.1) is 0 Å². The number of methoxy groups -OCH3 is 1. The number of thioether (sulfide) groups is 1. The summed E-state index contributed by atoms with van der Waals surface area (Å²) in [6, 6.07) is 7.89. The summed E-state index contributed by atoms with van der Waals surface area (Å²) < 4.78 is 6.87. The van der Waals surface area contributed by atoms with Crippen molar-refractivity contribution in [3.05, 3.63) is 58.5 Å². The van der Waals surface area contributed by atoms with Crippen molar-refractivity contribution in [1.29, 1.82) is 0 Å². The van der Waals surface area contributed by atoms with Crippen LogP contribution < -0.4 is 10.1 Å². The van der Waals surface area contributed by atoms with Crippen LogP contribution in [-0.2, 0) is 9.59 Å². The van der Waals surface area contributed by atoms with E-state index in [-0.39, 0.29) is 23.1 Å². The summed E-state index contributed by atoms with van der Waals surface area (Å²) in [4.78, 5) is 26.6. The van der Waals surface area contributed by atoms with Crippen molar-refractivity contribution in [2.45, 2.75) is 56.2 Å². The first-order chi connectivity index (χ1) is 15.5. The number of allylic oxidation sites excluding steroid dienone is 1. The smallest absolute Gasteiger partial charge is 0.425 e. The van der Waals surface area contributed by atoms with Crippen LogP contribution in [-0.4, -0.2) is 47.6 Å². The summed E-state index contributed by atoms with van der Waals surface area (Å²) in [5.74, 6) is 0.694. The zero-order chi connectivity index (χ0) is 22.5. The summed E-state index contributed by atoms with van der Waals surface area (Å²) in [6.45, 7) is 0. The molecule has 5 nitrogen and oxygen atoms in total. The average molecular weight is 452 g/mol. The van der Waals surface area contributed by atoms with E-state index in [1.165, 1.54) is 43.9 Å². The van der Waals surface area contributed by atoms with Gasteiger partial charge in [0.05, 0.1) is 7.11 Å². The lowest BCUT2D eigenvalue weighted by Gasteiger charge is -2.23. The Kier molecular flexibility index (Phi) is 7.30. The number of benzene rings is 1. The fourth-order valence-corrected chi connectivity index (χ4v) is 5.61. The summed E-state index contributed by atoms with van der Waals surface area (Å²) in [7, 11) is 3.42. The number of nitrogens with one attached hydrogen (secondary N) is 1. The normalized spacial score (nSPS) is 23.3. The third-order valence-electron chi connectivity index (χ3n) is 6.32. The number of rotatable bonds is 4. The maximum atomic E-state index is 13.0. The molecule has 0 aromatic heterocycles. The van der Waals surface area contributed by atoms with Crippen molar-refractivity contribution in [2.24, 2.45) is 0 Å². The quantitative estimate of drug-likeness (QED) is 0.541. The van der Waals surface area contributed by atoms with Gasteiger partial charge in [0.25, 0.3) is 5.91 Å². The highest BCUT2D eigenvalue weighted by atomic mass is 32.2. The third-order valence-corrected chi connectivity index (χ3v) is 7.52. The fraction of sp³-hybridized carbons (Fsp3) is 0.423. The minimum absolute atomic E-state index is 0.0140. The van der Waals surface area contributed by atoms with Gasteiger partial charge in [0, 0.05) is 17.7 Å². The summed E-state index contributed by atoms with van der Waals surface area (Å²) in [5, 5.41) is 3.24. The van der Waals surface area contributed by atoms with Gasteiger partial charge in [-0.3, -0.25) is 4.79 Å². The van der Waals surface area contributed by atoms with Crippen molar-refractivity contribution < 1.29 is 18.9 Å². The molecule has 32 heavy (non-hydrogen) atoms. The Labute approximate surface area is 194 Å². The molecule has 168 valence electrons. The van der Waals surface area contributed by atoms with E-state index in [4.69, 9.17) is 4.74 Å². The second kappa shape index (κ2) is 10.3. The number of hydrogen-bond donors (Lipinski definition) is 1. The van der Waals surface area contributed by atoms with Gasteiger partial charge in [0.2, 0.25) is 5.71 Å². The number of hydrogen-bond acceptors (Lipinski definition) is 4. The Morgan fingerprint density at radius 1 is 1.12 bits per heavy atom. The van der Waals surface area contributed by atoms with Crippen molar-refractivity contribution in [1.82, 2.24) is 5.32 Å². The van der Waals surface area contributed by atoms with Gasteiger partial charge in [-0.05, 0) is 36.6 Å². The first-order valence-corrected chi connectivity index (χ1v) is 12.3. The van der Waals surface area contributed by atoms with Crippen LogP contribution >= 0.6 is 11.8 Å². The maximum absolute atomic E-state index is 13.0. The second-order valence-corrected chi connectivity index (χ2v) is 9.77. The molecular formula is C26H31N2O3S+. The first kappa shape index (κ1) is 22.6. The molecule has 2 aliphatic carbocycles. The van der Waals surface area contributed by atoms with Gasteiger partial charge in [-0.1, -0.05) is 68.2 Å². The van der Waals surface area contributed by atoms with E-state index in [0.29, 0.717) is 10.5 Å². The van der Waals surface area contributed by atoms with E-state index in [9.17, 15) is 9.59 Å². The summed E-state index contributed by atoms with van der Waals surface area (Å²) in [5.41, 5.74) is 2.44. The van der Waals surface area contributed by atoms with Crippen LogP contribution in [0.2, 0.25) is 0 Å². The number of carbonyl (C=O) groups excluding carboxylic acids is 2. The lowest BCUT2D eigenvalue weighted by molar-refractivity contribution is -0.413. The number of ether oxygens (including phenoxy) is 1. The topological polar surface area (TPSA) is 58.4 Å². The Morgan fingerprint density at radius 2 is 1.81 bits per heavy atom. The monoisotopic (exact) mass is 451 g/mol. The number of nitrogens with zero attached hydrogens (tertiary/aromatic N) is 1. The molecule has 0 saturated heterocycles. The predicted molar refractivity (Wildman–Crippen MR) is 130 cm³/mol. The van der Waals surface area contributed by atoms with E-state index < -0.39 is 0 Å². The highest BCUT2D eigenvalue weighted by Crippen LogP contribution is 2.33. The van der Waals surface area contributed by atoms with E-state index in [1.54, 1.807) is 18.7 Å². The Bertz CT molecular complexity index is 996. The van der Waals surface area contributed by atoms with Gasteiger partial charge in [-0.25, -0.2) is 4.79 Å². The molecule has 0 spiro atoms. The molecule has 0 bridgehead atoms. The fourth-order valence-electron chi connectivity index (χ4n) is 4.39. The average Bonchev–Trinajstić information content (AvgIpc) is 2.79. The Hall–Kier alpha value is -2.60. The van der Waals surface area contributed by atoms with E-state index in [2.05, 4.69) is 5.32 Å². The van der Waals surface area contributed by atoms with Crippen LogP contribution in [0.15, 0.2) is 53.0 Å². The first-order valence-electron chi connectivity index (χ1n) is 11.4. The van der Waals surface area contributed by atoms with Gasteiger partial charge in [0.15, 0.2) is 0 Å². The number of amides is 2. The molecule has 1 unspecified atom stereocenters. The molecular weight excluding hydrogens is 420 g/mol.